The molecule has 0 saturated carbocycles. The molecular weight excluding hydrogens is 156 g/mol. The van der Waals surface area contributed by atoms with E-state index in [0.717, 1.165) is 17.8 Å². The van der Waals surface area contributed by atoms with Crippen LogP contribution >= 0.6 is 0 Å². The second kappa shape index (κ2) is 5.02. The maximum Gasteiger partial charge on any atom is -0.0329 e. The molecule has 0 rings (SSSR count). The Morgan fingerprint density at radius 2 is 1.46 bits per heavy atom. The average molecular weight is 184 g/mol. The first-order valence-electron chi connectivity index (χ1n) is 5.81. The Kier molecular flexibility index (Phi) is 5.02. The zero-order valence-corrected chi connectivity index (χ0v) is 10.6. The Morgan fingerprint density at radius 3 is 1.77 bits per heavy atom. The van der Waals surface area contributed by atoms with Crippen LogP contribution < -0.4 is 0 Å². The zero-order chi connectivity index (χ0) is 10.6. The Balaban J connectivity index is 4.16. The highest BCUT2D eigenvalue weighted by atomic mass is 14.3. The minimum absolute atomic E-state index is 0.508. The molecule has 0 radical (unpaired) electrons. The molecule has 0 aromatic rings. The van der Waals surface area contributed by atoms with E-state index in [0.29, 0.717) is 5.41 Å². The zero-order valence-electron chi connectivity index (χ0n) is 10.6. The Labute approximate surface area is 85.1 Å². The van der Waals surface area contributed by atoms with Crippen molar-refractivity contribution < 1.29 is 0 Å². The lowest BCUT2D eigenvalue weighted by Crippen LogP contribution is -2.27. The molecule has 0 saturated heterocycles. The first-order chi connectivity index (χ1) is 5.81. The molecule has 2 unspecified atom stereocenters. The van der Waals surface area contributed by atoms with Gasteiger partial charge >= 0.3 is 0 Å². The summed E-state index contributed by atoms with van der Waals surface area (Å²) < 4.78 is 0. The number of hydrogen-bond acceptors (Lipinski definition) is 0. The number of rotatable bonds is 5. The van der Waals surface area contributed by atoms with E-state index in [1.165, 1.54) is 12.8 Å². The molecule has 0 heteroatoms. The Morgan fingerprint density at radius 1 is 1.00 bits per heavy atom. The van der Waals surface area contributed by atoms with Crippen LogP contribution in [-0.4, -0.2) is 0 Å². The van der Waals surface area contributed by atoms with Crippen molar-refractivity contribution in [3.05, 3.63) is 0 Å². The van der Waals surface area contributed by atoms with E-state index >= 15 is 0 Å². The highest BCUT2D eigenvalue weighted by molar-refractivity contribution is 4.78. The summed E-state index contributed by atoms with van der Waals surface area (Å²) in [5.41, 5.74) is 0.508. The minimum atomic E-state index is 0.508. The van der Waals surface area contributed by atoms with Crippen LogP contribution in [0, 0.1) is 23.2 Å². The summed E-state index contributed by atoms with van der Waals surface area (Å²) in [5.74, 6) is 2.53. The summed E-state index contributed by atoms with van der Waals surface area (Å²) in [5, 5.41) is 0. The summed E-state index contributed by atoms with van der Waals surface area (Å²) in [6.45, 7) is 16.6. The van der Waals surface area contributed by atoms with Gasteiger partial charge in [-0.1, -0.05) is 54.9 Å². The summed E-state index contributed by atoms with van der Waals surface area (Å²) in [6, 6.07) is 0. The lowest BCUT2D eigenvalue weighted by atomic mass is 9.70. The third kappa shape index (κ3) is 4.15. The molecule has 0 aliphatic heterocycles. The monoisotopic (exact) mass is 184 g/mol. The fourth-order valence-corrected chi connectivity index (χ4v) is 2.04. The van der Waals surface area contributed by atoms with Crippen LogP contribution in [0.1, 0.15) is 61.3 Å². The van der Waals surface area contributed by atoms with Gasteiger partial charge in [-0.05, 0) is 29.6 Å². The third-order valence-corrected chi connectivity index (χ3v) is 3.84. The molecule has 0 nitrogen and oxygen atoms in total. The van der Waals surface area contributed by atoms with E-state index in [4.69, 9.17) is 0 Å². The smallest absolute Gasteiger partial charge is 0.0329 e. The van der Waals surface area contributed by atoms with Gasteiger partial charge in [0.05, 0.1) is 0 Å². The highest BCUT2D eigenvalue weighted by Crippen LogP contribution is 2.37. The van der Waals surface area contributed by atoms with Crippen LogP contribution in [-0.2, 0) is 0 Å². The van der Waals surface area contributed by atoms with Crippen molar-refractivity contribution in [1.82, 2.24) is 0 Å². The van der Waals surface area contributed by atoms with Gasteiger partial charge in [0, 0.05) is 0 Å². The van der Waals surface area contributed by atoms with Gasteiger partial charge in [-0.2, -0.15) is 0 Å². The first kappa shape index (κ1) is 13.0. The molecule has 0 aliphatic carbocycles. The van der Waals surface area contributed by atoms with Gasteiger partial charge < -0.3 is 0 Å². The molecule has 2 atom stereocenters. The quantitative estimate of drug-likeness (QED) is 0.579. The van der Waals surface area contributed by atoms with Gasteiger partial charge in [0.25, 0.3) is 0 Å². The standard InChI is InChI=1S/C13H28/c1-8-13(6,7)12(5)11(4)9-10(2)3/h10-12H,8-9H2,1-7H3. The predicted molar refractivity (Wildman–Crippen MR) is 61.9 cm³/mol. The minimum Gasteiger partial charge on any atom is -0.0649 e. The van der Waals surface area contributed by atoms with Crippen molar-refractivity contribution in [3.63, 3.8) is 0 Å². The van der Waals surface area contributed by atoms with Gasteiger partial charge in [-0.3, -0.25) is 0 Å². The molecule has 0 N–H and O–H groups in total. The van der Waals surface area contributed by atoms with Crippen LogP contribution in [0.4, 0.5) is 0 Å². The molecule has 0 fully saturated rings. The van der Waals surface area contributed by atoms with Gasteiger partial charge in [0.1, 0.15) is 0 Å². The van der Waals surface area contributed by atoms with E-state index in [1.807, 2.05) is 0 Å². The van der Waals surface area contributed by atoms with Crippen molar-refractivity contribution in [3.8, 4) is 0 Å². The van der Waals surface area contributed by atoms with E-state index in [-0.39, 0.29) is 0 Å². The maximum atomic E-state index is 2.41. The predicted octanol–water partition coefficient (Wildman–Crippen LogP) is 4.74. The van der Waals surface area contributed by atoms with E-state index < -0.39 is 0 Å². The second-order valence-corrected chi connectivity index (χ2v) is 5.74. The van der Waals surface area contributed by atoms with E-state index in [9.17, 15) is 0 Å². The van der Waals surface area contributed by atoms with Gasteiger partial charge in [0.2, 0.25) is 0 Å². The van der Waals surface area contributed by atoms with Crippen molar-refractivity contribution in [2.45, 2.75) is 61.3 Å². The van der Waals surface area contributed by atoms with Gasteiger partial charge in [0.15, 0.2) is 0 Å². The summed E-state index contributed by atoms with van der Waals surface area (Å²) >= 11 is 0. The van der Waals surface area contributed by atoms with Crippen LogP contribution in [0.25, 0.3) is 0 Å². The molecule has 0 spiro atoms. The molecule has 0 aromatic carbocycles. The molecule has 13 heavy (non-hydrogen) atoms. The van der Waals surface area contributed by atoms with Crippen molar-refractivity contribution in [2.24, 2.45) is 23.2 Å². The van der Waals surface area contributed by atoms with Crippen molar-refractivity contribution >= 4 is 0 Å². The normalized spacial score (nSPS) is 17.5. The molecule has 0 heterocycles. The summed E-state index contributed by atoms with van der Waals surface area (Å²) in [6.07, 6.45) is 2.65. The van der Waals surface area contributed by atoms with E-state index in [2.05, 4.69) is 48.5 Å². The third-order valence-electron chi connectivity index (χ3n) is 3.84. The highest BCUT2D eigenvalue weighted by Gasteiger charge is 2.28. The molecule has 0 amide bonds. The average Bonchev–Trinajstić information content (AvgIpc) is 2.01. The van der Waals surface area contributed by atoms with Crippen LogP contribution in [0.15, 0.2) is 0 Å². The molecule has 0 bridgehead atoms. The molecule has 0 aromatic heterocycles. The first-order valence-corrected chi connectivity index (χ1v) is 5.81. The summed E-state index contributed by atoms with van der Waals surface area (Å²) in [7, 11) is 0. The summed E-state index contributed by atoms with van der Waals surface area (Å²) in [4.78, 5) is 0. The SMILES string of the molecule is CCC(C)(C)C(C)C(C)CC(C)C. The van der Waals surface area contributed by atoms with Crippen molar-refractivity contribution in [2.75, 3.05) is 0 Å². The van der Waals surface area contributed by atoms with Crippen LogP contribution in [0.3, 0.4) is 0 Å². The molecular formula is C13H28. The van der Waals surface area contributed by atoms with Crippen molar-refractivity contribution in [1.29, 1.82) is 0 Å². The number of hydrogen-bond donors (Lipinski definition) is 0. The Hall–Kier alpha value is 0. The van der Waals surface area contributed by atoms with Crippen LogP contribution in [0.5, 0.6) is 0 Å². The topological polar surface area (TPSA) is 0 Å². The largest absolute Gasteiger partial charge is 0.0649 e. The van der Waals surface area contributed by atoms with Gasteiger partial charge in [-0.15, -0.1) is 0 Å². The maximum absolute atomic E-state index is 2.41. The lowest BCUT2D eigenvalue weighted by Gasteiger charge is -2.35. The molecule has 80 valence electrons. The lowest BCUT2D eigenvalue weighted by molar-refractivity contribution is 0.144. The van der Waals surface area contributed by atoms with Crippen LogP contribution in [0.2, 0.25) is 0 Å². The fourth-order valence-electron chi connectivity index (χ4n) is 2.04. The van der Waals surface area contributed by atoms with E-state index in [1.54, 1.807) is 0 Å². The Bertz CT molecular complexity index is 133. The van der Waals surface area contributed by atoms with Gasteiger partial charge in [-0.25, -0.2) is 0 Å². The molecule has 0 aliphatic rings. The second-order valence-electron chi connectivity index (χ2n) is 5.74. The fraction of sp³-hybridized carbons (Fsp3) is 1.00.